The van der Waals surface area contributed by atoms with Gasteiger partial charge in [-0.05, 0) is 18.6 Å². The number of para-hydroxylation sites is 2. The van der Waals surface area contributed by atoms with Gasteiger partial charge in [0, 0.05) is 6.54 Å². The molecule has 0 saturated heterocycles. The van der Waals surface area contributed by atoms with Gasteiger partial charge in [-0.3, -0.25) is 0 Å². The van der Waals surface area contributed by atoms with Gasteiger partial charge in [-0.15, -0.1) is 0 Å². The molecule has 1 aromatic heterocycles. The van der Waals surface area contributed by atoms with Crippen molar-refractivity contribution in [3.8, 4) is 0 Å². The zero-order valence-corrected chi connectivity index (χ0v) is 13.0. The first-order chi connectivity index (χ1) is 9.72. The van der Waals surface area contributed by atoms with E-state index in [0.717, 1.165) is 17.9 Å². The number of rotatable bonds is 8. The molecule has 0 spiro atoms. The minimum Gasteiger partial charge on any atom is -0.393 e. The molecule has 0 fully saturated rings. The standard InChI is InChI=1S/C16H23N3S/c1-2-3-4-5-8-11-19-14-10-7-6-9-13(14)18-16(19)12-15(17)20/h6-7,9-10H,2-5,8,11-12H2,1H3,(H2,17,20). The highest BCUT2D eigenvalue weighted by Crippen LogP contribution is 2.18. The van der Waals surface area contributed by atoms with Crippen LogP contribution in [-0.4, -0.2) is 14.5 Å². The van der Waals surface area contributed by atoms with Crippen LogP contribution in [0.2, 0.25) is 0 Å². The number of benzene rings is 1. The fourth-order valence-electron chi connectivity index (χ4n) is 2.54. The maximum atomic E-state index is 5.69. The van der Waals surface area contributed by atoms with Crippen molar-refractivity contribution >= 4 is 28.2 Å². The van der Waals surface area contributed by atoms with E-state index >= 15 is 0 Å². The summed E-state index contributed by atoms with van der Waals surface area (Å²) in [6, 6.07) is 8.25. The van der Waals surface area contributed by atoms with Crippen LogP contribution in [0, 0.1) is 0 Å². The zero-order chi connectivity index (χ0) is 14.4. The Kier molecular flexibility index (Phi) is 5.53. The van der Waals surface area contributed by atoms with Crippen LogP contribution in [0.25, 0.3) is 11.0 Å². The molecule has 1 aromatic carbocycles. The predicted molar refractivity (Wildman–Crippen MR) is 89.0 cm³/mol. The third kappa shape index (κ3) is 3.79. The molecule has 0 radical (unpaired) electrons. The second-order valence-corrected chi connectivity index (χ2v) is 5.75. The molecule has 0 atom stereocenters. The van der Waals surface area contributed by atoms with Crippen molar-refractivity contribution in [2.45, 2.75) is 52.0 Å². The maximum Gasteiger partial charge on any atom is 0.116 e. The molecular formula is C16H23N3S. The molecule has 0 saturated carbocycles. The first-order valence-corrected chi connectivity index (χ1v) is 7.85. The van der Waals surface area contributed by atoms with Crippen molar-refractivity contribution in [2.24, 2.45) is 5.73 Å². The summed E-state index contributed by atoms with van der Waals surface area (Å²) in [5.41, 5.74) is 7.91. The first kappa shape index (κ1) is 15.0. The summed E-state index contributed by atoms with van der Waals surface area (Å²) in [6.07, 6.45) is 6.95. The van der Waals surface area contributed by atoms with E-state index in [-0.39, 0.29) is 0 Å². The van der Waals surface area contributed by atoms with Gasteiger partial charge in [-0.25, -0.2) is 4.98 Å². The Morgan fingerprint density at radius 2 is 1.95 bits per heavy atom. The lowest BCUT2D eigenvalue weighted by atomic mass is 10.1. The molecule has 1 heterocycles. The fraction of sp³-hybridized carbons (Fsp3) is 0.500. The summed E-state index contributed by atoms with van der Waals surface area (Å²) in [7, 11) is 0. The molecular weight excluding hydrogens is 266 g/mol. The van der Waals surface area contributed by atoms with Gasteiger partial charge in [0.25, 0.3) is 0 Å². The van der Waals surface area contributed by atoms with E-state index in [1.165, 1.54) is 37.6 Å². The topological polar surface area (TPSA) is 43.8 Å². The summed E-state index contributed by atoms with van der Waals surface area (Å²) in [4.78, 5) is 5.17. The van der Waals surface area contributed by atoms with Crippen molar-refractivity contribution in [1.29, 1.82) is 0 Å². The van der Waals surface area contributed by atoms with Crippen LogP contribution in [-0.2, 0) is 13.0 Å². The van der Waals surface area contributed by atoms with Gasteiger partial charge in [-0.2, -0.15) is 0 Å². The van der Waals surface area contributed by atoms with Crippen molar-refractivity contribution in [1.82, 2.24) is 9.55 Å². The molecule has 0 amide bonds. The van der Waals surface area contributed by atoms with E-state index < -0.39 is 0 Å². The van der Waals surface area contributed by atoms with Gasteiger partial charge < -0.3 is 10.3 Å². The monoisotopic (exact) mass is 289 g/mol. The highest BCUT2D eigenvalue weighted by atomic mass is 32.1. The maximum absolute atomic E-state index is 5.69. The van der Waals surface area contributed by atoms with Crippen LogP contribution in [0.5, 0.6) is 0 Å². The van der Waals surface area contributed by atoms with Gasteiger partial charge >= 0.3 is 0 Å². The summed E-state index contributed by atoms with van der Waals surface area (Å²) in [6.45, 7) is 3.24. The van der Waals surface area contributed by atoms with Crippen molar-refractivity contribution < 1.29 is 0 Å². The third-order valence-corrected chi connectivity index (χ3v) is 3.70. The van der Waals surface area contributed by atoms with Crippen LogP contribution in [0.15, 0.2) is 24.3 Å². The molecule has 4 heteroatoms. The molecule has 2 rings (SSSR count). The lowest BCUT2D eigenvalue weighted by Gasteiger charge is -2.08. The van der Waals surface area contributed by atoms with E-state index in [0.29, 0.717) is 11.4 Å². The first-order valence-electron chi connectivity index (χ1n) is 7.45. The smallest absolute Gasteiger partial charge is 0.116 e. The number of nitrogens with zero attached hydrogens (tertiary/aromatic N) is 2. The normalized spacial score (nSPS) is 11.1. The van der Waals surface area contributed by atoms with E-state index in [9.17, 15) is 0 Å². The zero-order valence-electron chi connectivity index (χ0n) is 12.1. The summed E-state index contributed by atoms with van der Waals surface area (Å²) in [5, 5.41) is 0. The number of fused-ring (bicyclic) bond motifs is 1. The molecule has 0 unspecified atom stereocenters. The summed E-state index contributed by atoms with van der Waals surface area (Å²) < 4.78 is 2.28. The largest absolute Gasteiger partial charge is 0.393 e. The van der Waals surface area contributed by atoms with Gasteiger partial charge in [0.05, 0.1) is 22.4 Å². The number of hydrogen-bond acceptors (Lipinski definition) is 2. The number of unbranched alkanes of at least 4 members (excludes halogenated alkanes) is 4. The van der Waals surface area contributed by atoms with Gasteiger partial charge in [0.15, 0.2) is 0 Å². The number of hydrogen-bond donors (Lipinski definition) is 1. The molecule has 108 valence electrons. The average Bonchev–Trinajstić information content (AvgIpc) is 2.75. The molecule has 0 bridgehead atoms. The molecule has 20 heavy (non-hydrogen) atoms. The fourth-order valence-corrected chi connectivity index (χ4v) is 2.67. The molecule has 2 N–H and O–H groups in total. The van der Waals surface area contributed by atoms with E-state index in [1.54, 1.807) is 0 Å². The second kappa shape index (κ2) is 7.39. The SMILES string of the molecule is CCCCCCCn1c(CC(N)=S)nc2ccccc21. The van der Waals surface area contributed by atoms with Crippen LogP contribution >= 0.6 is 12.2 Å². The molecule has 0 aliphatic heterocycles. The Morgan fingerprint density at radius 1 is 1.20 bits per heavy atom. The summed E-state index contributed by atoms with van der Waals surface area (Å²) in [5.74, 6) is 0.995. The number of thiocarbonyl (C=S) groups is 1. The third-order valence-electron chi connectivity index (χ3n) is 3.55. The number of aromatic nitrogens is 2. The second-order valence-electron chi connectivity index (χ2n) is 5.23. The van der Waals surface area contributed by atoms with Crippen molar-refractivity contribution in [3.63, 3.8) is 0 Å². The minimum absolute atomic E-state index is 0.507. The van der Waals surface area contributed by atoms with Crippen LogP contribution in [0.3, 0.4) is 0 Å². The Morgan fingerprint density at radius 3 is 2.70 bits per heavy atom. The van der Waals surface area contributed by atoms with E-state index in [4.69, 9.17) is 18.0 Å². The molecule has 2 aromatic rings. The van der Waals surface area contributed by atoms with Crippen molar-refractivity contribution in [3.05, 3.63) is 30.1 Å². The Bertz CT molecular complexity index is 574. The quantitative estimate of drug-likeness (QED) is 0.593. The highest BCUT2D eigenvalue weighted by Gasteiger charge is 2.10. The van der Waals surface area contributed by atoms with Crippen molar-refractivity contribution in [2.75, 3.05) is 0 Å². The van der Waals surface area contributed by atoms with Gasteiger partial charge in [-0.1, -0.05) is 57.0 Å². The lowest BCUT2D eigenvalue weighted by Crippen LogP contribution is -2.15. The molecule has 3 nitrogen and oxygen atoms in total. The van der Waals surface area contributed by atoms with Crippen LogP contribution in [0.4, 0.5) is 0 Å². The Balaban J connectivity index is 2.13. The number of imidazole rings is 1. The average molecular weight is 289 g/mol. The van der Waals surface area contributed by atoms with Gasteiger partial charge in [0.2, 0.25) is 0 Å². The summed E-state index contributed by atoms with van der Waals surface area (Å²) >= 11 is 5.04. The van der Waals surface area contributed by atoms with Gasteiger partial charge in [0.1, 0.15) is 5.82 Å². The van der Waals surface area contributed by atoms with E-state index in [2.05, 4.69) is 28.6 Å². The Hall–Kier alpha value is -1.42. The Labute approximate surface area is 126 Å². The number of aryl methyl sites for hydroxylation is 1. The molecule has 0 aliphatic rings. The van der Waals surface area contributed by atoms with Crippen LogP contribution in [0.1, 0.15) is 44.9 Å². The minimum atomic E-state index is 0.507. The lowest BCUT2D eigenvalue weighted by molar-refractivity contribution is 0.566. The van der Waals surface area contributed by atoms with Crippen LogP contribution < -0.4 is 5.73 Å². The number of nitrogens with two attached hydrogens (primary N) is 1. The predicted octanol–water partition coefficient (Wildman–Crippen LogP) is 3.84. The molecule has 0 aliphatic carbocycles. The highest BCUT2D eigenvalue weighted by molar-refractivity contribution is 7.80. The van der Waals surface area contributed by atoms with E-state index in [1.807, 2.05) is 12.1 Å².